The third kappa shape index (κ3) is 71.8. The summed E-state index contributed by atoms with van der Waals surface area (Å²) < 4.78 is 68.4. The van der Waals surface area contributed by atoms with Crippen LogP contribution in [0.2, 0.25) is 0 Å². The molecular formula is C81H138O17P2. The molecule has 0 heterocycles. The van der Waals surface area contributed by atoms with Crippen molar-refractivity contribution in [2.45, 2.75) is 329 Å². The predicted molar refractivity (Wildman–Crippen MR) is 408 cm³/mol. The van der Waals surface area contributed by atoms with Crippen molar-refractivity contribution in [1.82, 2.24) is 0 Å². The Morgan fingerprint density at radius 2 is 0.530 bits per heavy atom. The molecule has 0 fully saturated rings. The van der Waals surface area contributed by atoms with Crippen LogP contribution >= 0.6 is 15.6 Å². The molecule has 5 unspecified atom stereocenters. The second-order valence-electron chi connectivity index (χ2n) is 25.5. The Hall–Kier alpha value is -4.54. The van der Waals surface area contributed by atoms with Gasteiger partial charge >= 0.3 is 39.5 Å². The number of aliphatic hydroxyl groups is 1. The van der Waals surface area contributed by atoms with Crippen LogP contribution in [0.1, 0.15) is 310 Å². The number of carbonyl (C=O) groups excluding carboxylic acids is 4. The molecule has 100 heavy (non-hydrogen) atoms. The van der Waals surface area contributed by atoms with E-state index in [0.717, 1.165) is 167 Å². The largest absolute Gasteiger partial charge is 0.472 e. The maximum Gasteiger partial charge on any atom is 0.472 e. The zero-order chi connectivity index (χ0) is 73.2. The van der Waals surface area contributed by atoms with Crippen LogP contribution in [0.3, 0.4) is 0 Å². The van der Waals surface area contributed by atoms with Gasteiger partial charge in [-0.05, 0) is 128 Å². The van der Waals surface area contributed by atoms with Gasteiger partial charge in [-0.2, -0.15) is 0 Å². The molecule has 0 aliphatic rings. The molecule has 0 aromatic carbocycles. The molecular weight excluding hydrogens is 1310 g/mol. The minimum absolute atomic E-state index is 0.0691. The Labute approximate surface area is 606 Å². The van der Waals surface area contributed by atoms with Gasteiger partial charge in [-0.15, -0.1) is 0 Å². The first-order valence-electron chi connectivity index (χ1n) is 38.8. The Balaban J connectivity index is 5.40. The maximum absolute atomic E-state index is 13.1. The summed E-state index contributed by atoms with van der Waals surface area (Å²) in [5.74, 6) is -2.26. The highest BCUT2D eigenvalue weighted by Gasteiger charge is 2.30. The monoisotopic (exact) mass is 1440 g/mol. The SMILES string of the molecule is CC/C=C\C/C=C\C/C=C\C/C=C\C/C=C\CCCC(=O)OCC(COP(=O)(O)OCC(O)COP(=O)(O)OCC(COC(=O)CCCCCCC/C=C\C/C=C\CCCCC)OC(=O)CCCCCCCCCCCCC)OC(=O)CCCCCCCCC/C=C\C/C=C\C/C=C\CC. The van der Waals surface area contributed by atoms with Crippen molar-refractivity contribution in [3.05, 3.63) is 122 Å². The minimum Gasteiger partial charge on any atom is -0.462 e. The standard InChI is InChI=1S/C81H138O17P2/c1-5-9-13-17-21-25-29-32-35-37-40-43-47-50-54-58-62-66-79(84)92-72-77(98-81(86)68-64-60-56-52-48-44-41-38-36-33-30-26-22-18-14-10-6-2)74-96-100(89,90)94-70-75(82)69-93-99(87,88)95-73-76(97-80(85)67-63-59-55-51-45-28-24-20-16-12-8-4)71-91-78(83)65-61-57-53-49-46-42-39-34-31-27-23-19-15-11-7-3/h9-10,13-14,21-23,25-27,32-36,39-40,43,50,54,75-77,82H,5-8,11-12,15-20,24,28-31,37-38,41-42,44-49,51-53,55-74H2,1-4H3,(H,87,88)(H,89,90)/b13-9-,14-10-,25-21-,26-22-,27-23-,35-32-,36-33-,39-34-,43-40-,54-50-. The summed E-state index contributed by atoms with van der Waals surface area (Å²) in [6, 6.07) is 0. The molecule has 3 N–H and O–H groups in total. The molecule has 0 saturated carbocycles. The fourth-order valence-corrected chi connectivity index (χ4v) is 11.6. The molecule has 574 valence electrons. The predicted octanol–water partition coefficient (Wildman–Crippen LogP) is 22.3. The number of rotatable bonds is 72. The van der Waals surface area contributed by atoms with Crippen molar-refractivity contribution in [2.75, 3.05) is 39.6 Å². The van der Waals surface area contributed by atoms with E-state index in [1.807, 2.05) is 12.2 Å². The van der Waals surface area contributed by atoms with Gasteiger partial charge in [0.1, 0.15) is 19.3 Å². The Morgan fingerprint density at radius 1 is 0.290 bits per heavy atom. The van der Waals surface area contributed by atoms with E-state index in [2.05, 4.69) is 137 Å². The highest BCUT2D eigenvalue weighted by molar-refractivity contribution is 7.47. The van der Waals surface area contributed by atoms with E-state index in [0.29, 0.717) is 32.1 Å². The molecule has 0 aliphatic heterocycles. The first kappa shape index (κ1) is 95.5. The fourth-order valence-electron chi connectivity index (χ4n) is 10.1. The zero-order valence-corrected chi connectivity index (χ0v) is 64.4. The number of hydrogen-bond donors (Lipinski definition) is 3. The van der Waals surface area contributed by atoms with Crippen LogP contribution < -0.4 is 0 Å². The van der Waals surface area contributed by atoms with Crippen molar-refractivity contribution in [1.29, 1.82) is 0 Å². The first-order chi connectivity index (χ1) is 48.7. The van der Waals surface area contributed by atoms with Gasteiger partial charge in [0.05, 0.1) is 26.4 Å². The highest BCUT2D eigenvalue weighted by atomic mass is 31.2. The topological polar surface area (TPSA) is 237 Å². The van der Waals surface area contributed by atoms with Crippen molar-refractivity contribution < 1.29 is 80.2 Å². The van der Waals surface area contributed by atoms with Gasteiger partial charge < -0.3 is 33.8 Å². The van der Waals surface area contributed by atoms with Gasteiger partial charge in [-0.25, -0.2) is 9.13 Å². The van der Waals surface area contributed by atoms with Gasteiger partial charge in [-0.1, -0.05) is 278 Å². The minimum atomic E-state index is -4.99. The van der Waals surface area contributed by atoms with Crippen molar-refractivity contribution in [3.63, 3.8) is 0 Å². The lowest BCUT2D eigenvalue weighted by Crippen LogP contribution is -2.30. The van der Waals surface area contributed by atoms with E-state index < -0.39 is 97.5 Å². The van der Waals surface area contributed by atoms with Crippen LogP contribution in [0.25, 0.3) is 0 Å². The van der Waals surface area contributed by atoms with Gasteiger partial charge in [0.15, 0.2) is 12.2 Å². The molecule has 0 aliphatic carbocycles. The molecule has 0 aromatic heterocycles. The molecule has 0 rings (SSSR count). The van der Waals surface area contributed by atoms with Crippen LogP contribution in [0.5, 0.6) is 0 Å². The first-order valence-corrected chi connectivity index (χ1v) is 41.8. The van der Waals surface area contributed by atoms with Crippen LogP contribution in [-0.2, 0) is 65.4 Å². The summed E-state index contributed by atoms with van der Waals surface area (Å²) >= 11 is 0. The molecule has 0 spiro atoms. The second-order valence-corrected chi connectivity index (χ2v) is 28.4. The average molecular weight is 1450 g/mol. The van der Waals surface area contributed by atoms with E-state index in [1.165, 1.54) is 57.8 Å². The van der Waals surface area contributed by atoms with E-state index in [4.69, 9.17) is 37.0 Å². The van der Waals surface area contributed by atoms with Crippen LogP contribution in [0.4, 0.5) is 0 Å². The molecule has 5 atom stereocenters. The van der Waals surface area contributed by atoms with Gasteiger partial charge in [0.2, 0.25) is 0 Å². The normalized spacial score (nSPS) is 14.6. The lowest BCUT2D eigenvalue weighted by molar-refractivity contribution is -0.161. The molecule has 0 amide bonds. The number of carbonyl (C=O) groups is 4. The van der Waals surface area contributed by atoms with E-state index in [-0.39, 0.29) is 25.7 Å². The Bertz CT molecular complexity index is 2370. The smallest absolute Gasteiger partial charge is 0.462 e. The second kappa shape index (κ2) is 72.8. The quantitative estimate of drug-likeness (QED) is 0.0169. The molecule has 17 nitrogen and oxygen atoms in total. The van der Waals surface area contributed by atoms with Gasteiger partial charge in [0.25, 0.3) is 0 Å². The van der Waals surface area contributed by atoms with Gasteiger partial charge in [-0.3, -0.25) is 37.3 Å². The number of phosphoric acid groups is 2. The van der Waals surface area contributed by atoms with Crippen molar-refractivity contribution in [3.8, 4) is 0 Å². The number of aliphatic hydroxyl groups excluding tert-OH is 1. The zero-order valence-electron chi connectivity index (χ0n) is 62.6. The molecule has 0 bridgehead atoms. The number of ether oxygens (including phenoxy) is 4. The van der Waals surface area contributed by atoms with E-state index >= 15 is 0 Å². The number of esters is 4. The lowest BCUT2D eigenvalue weighted by Gasteiger charge is -2.21. The van der Waals surface area contributed by atoms with Gasteiger partial charge in [0, 0.05) is 25.7 Å². The lowest BCUT2D eigenvalue weighted by atomic mass is 10.1. The summed E-state index contributed by atoms with van der Waals surface area (Å²) in [6.07, 6.45) is 79.1. The summed E-state index contributed by atoms with van der Waals surface area (Å²) in [6.45, 7) is 4.54. The Morgan fingerprint density at radius 3 is 0.860 bits per heavy atom. The summed E-state index contributed by atoms with van der Waals surface area (Å²) in [5.41, 5.74) is 0. The summed E-state index contributed by atoms with van der Waals surface area (Å²) in [5, 5.41) is 10.6. The number of hydrogen-bond acceptors (Lipinski definition) is 15. The number of phosphoric ester groups is 2. The van der Waals surface area contributed by atoms with Crippen LogP contribution in [0, 0.1) is 0 Å². The van der Waals surface area contributed by atoms with E-state index in [9.17, 15) is 43.2 Å². The molecule has 0 radical (unpaired) electrons. The highest BCUT2D eigenvalue weighted by Crippen LogP contribution is 2.45. The van der Waals surface area contributed by atoms with Crippen LogP contribution in [-0.4, -0.2) is 96.7 Å². The van der Waals surface area contributed by atoms with Crippen molar-refractivity contribution >= 4 is 39.5 Å². The molecule has 19 heteroatoms. The summed E-state index contributed by atoms with van der Waals surface area (Å²) in [7, 11) is -9.97. The molecule has 0 saturated heterocycles. The number of unbranched alkanes of at least 4 members (excludes halogenated alkanes) is 26. The maximum atomic E-state index is 13.1. The Kier molecular flexibility index (Phi) is 69.5. The number of allylic oxidation sites excluding steroid dienone is 20. The average Bonchev–Trinajstić information content (AvgIpc) is 1.00. The third-order valence-corrected chi connectivity index (χ3v) is 17.8. The van der Waals surface area contributed by atoms with Crippen LogP contribution in [0.15, 0.2) is 122 Å². The third-order valence-electron chi connectivity index (χ3n) is 15.9. The summed E-state index contributed by atoms with van der Waals surface area (Å²) in [4.78, 5) is 72.9. The molecule has 0 aromatic rings. The van der Waals surface area contributed by atoms with Crippen molar-refractivity contribution in [2.24, 2.45) is 0 Å². The fraction of sp³-hybridized carbons (Fsp3) is 0.704. The van der Waals surface area contributed by atoms with E-state index in [1.54, 1.807) is 0 Å².